The molecule has 174 valence electrons. The molecule has 0 bridgehead atoms. The number of aromatic amines is 1. The number of nitrogens with zero attached hydrogens (tertiary/aromatic N) is 2. The van der Waals surface area contributed by atoms with E-state index in [0.717, 1.165) is 18.0 Å². The molecule has 0 aliphatic rings. The summed E-state index contributed by atoms with van der Waals surface area (Å²) in [5.74, 6) is 0.168. The number of hydrogen-bond donors (Lipinski definition) is 2. The monoisotopic (exact) mass is 472 g/mol. The van der Waals surface area contributed by atoms with E-state index in [-0.39, 0.29) is 16.8 Å². The van der Waals surface area contributed by atoms with Crippen LogP contribution in [0.1, 0.15) is 37.6 Å². The zero-order valence-corrected chi connectivity index (χ0v) is 19.7. The second-order valence-corrected chi connectivity index (χ2v) is 10.3. The highest BCUT2D eigenvalue weighted by molar-refractivity contribution is 7.92. The summed E-state index contributed by atoms with van der Waals surface area (Å²) < 4.78 is 44.4. The highest BCUT2D eigenvalue weighted by atomic mass is 32.2. The van der Waals surface area contributed by atoms with E-state index in [1.165, 1.54) is 12.1 Å². The lowest BCUT2D eigenvalue weighted by molar-refractivity contribution is 0.397. The molecule has 3 aromatic rings. The zero-order valence-electron chi connectivity index (χ0n) is 18.9. The van der Waals surface area contributed by atoms with E-state index in [1.54, 1.807) is 31.4 Å². The van der Waals surface area contributed by atoms with Crippen molar-refractivity contribution in [1.82, 2.24) is 15.2 Å². The number of methoxy groups -OCH3 is 1. The van der Waals surface area contributed by atoms with Crippen LogP contribution < -0.4 is 15.0 Å². The molecule has 0 atom stereocenters. The summed E-state index contributed by atoms with van der Waals surface area (Å²) in [5.41, 5.74) is 1.98. The van der Waals surface area contributed by atoms with Gasteiger partial charge in [-0.15, -0.1) is 10.2 Å². The number of aromatic nitrogens is 3. The number of anilines is 1. The standard InChI is InChI=1S/C23H25FN4O4S/c1-23(2,3)19-11-15(18-12-16(24)13-25-22(18)29)10-14(21(19)32-4)6-7-17-8-9-20(27-26-17)28-33(5,30)31/h6-13H,1-5H3,(H,25,29)(H,27,28). The van der Waals surface area contributed by atoms with Crippen molar-refractivity contribution in [2.75, 3.05) is 18.1 Å². The first kappa shape index (κ1) is 24.1. The first-order chi connectivity index (χ1) is 15.4. The molecule has 10 heteroatoms. The van der Waals surface area contributed by atoms with Crippen LogP contribution in [0.2, 0.25) is 0 Å². The first-order valence-electron chi connectivity index (χ1n) is 9.98. The Kier molecular flexibility index (Phi) is 6.68. The molecule has 0 saturated heterocycles. The van der Waals surface area contributed by atoms with Crippen LogP contribution in [0.3, 0.4) is 0 Å². The predicted octanol–water partition coefficient (Wildman–Crippen LogP) is 3.82. The minimum Gasteiger partial charge on any atom is -0.496 e. The van der Waals surface area contributed by atoms with E-state index in [0.29, 0.717) is 22.6 Å². The van der Waals surface area contributed by atoms with E-state index in [4.69, 9.17) is 4.74 Å². The van der Waals surface area contributed by atoms with Gasteiger partial charge in [-0.3, -0.25) is 9.52 Å². The van der Waals surface area contributed by atoms with Crippen LogP contribution in [0.5, 0.6) is 5.75 Å². The second-order valence-electron chi connectivity index (χ2n) is 8.51. The fourth-order valence-electron chi connectivity index (χ4n) is 3.24. The van der Waals surface area contributed by atoms with Gasteiger partial charge in [0.25, 0.3) is 5.56 Å². The molecule has 33 heavy (non-hydrogen) atoms. The van der Waals surface area contributed by atoms with Gasteiger partial charge < -0.3 is 9.72 Å². The third kappa shape index (κ3) is 6.04. The van der Waals surface area contributed by atoms with Crippen LogP contribution in [-0.4, -0.2) is 37.0 Å². The molecule has 0 unspecified atom stereocenters. The summed E-state index contributed by atoms with van der Waals surface area (Å²) in [4.78, 5) is 14.8. The Bertz CT molecular complexity index is 1360. The highest BCUT2D eigenvalue weighted by Gasteiger charge is 2.23. The molecular weight excluding hydrogens is 447 g/mol. The van der Waals surface area contributed by atoms with Crippen molar-refractivity contribution in [3.8, 4) is 16.9 Å². The maximum Gasteiger partial charge on any atom is 0.256 e. The summed E-state index contributed by atoms with van der Waals surface area (Å²) in [6.07, 6.45) is 5.47. The maximum atomic E-state index is 13.9. The van der Waals surface area contributed by atoms with Crippen molar-refractivity contribution in [3.05, 3.63) is 69.5 Å². The molecule has 2 aromatic heterocycles. The Morgan fingerprint density at radius 3 is 2.42 bits per heavy atom. The lowest BCUT2D eigenvalue weighted by Crippen LogP contribution is -2.15. The van der Waals surface area contributed by atoms with Crippen molar-refractivity contribution in [3.63, 3.8) is 0 Å². The number of halogens is 1. The normalized spacial score (nSPS) is 12.2. The number of nitrogens with one attached hydrogen (secondary N) is 2. The fraction of sp³-hybridized carbons (Fsp3) is 0.261. The maximum absolute atomic E-state index is 13.9. The Morgan fingerprint density at radius 2 is 1.85 bits per heavy atom. The van der Waals surface area contributed by atoms with Crippen LogP contribution in [0, 0.1) is 5.82 Å². The molecule has 2 N–H and O–H groups in total. The van der Waals surface area contributed by atoms with Crippen LogP contribution in [-0.2, 0) is 15.4 Å². The molecule has 8 nitrogen and oxygen atoms in total. The van der Waals surface area contributed by atoms with Gasteiger partial charge in [-0.1, -0.05) is 20.8 Å². The summed E-state index contributed by atoms with van der Waals surface area (Å²) in [6, 6.07) is 7.86. The Balaban J connectivity index is 2.10. The van der Waals surface area contributed by atoms with Gasteiger partial charge in [0.15, 0.2) is 5.82 Å². The van der Waals surface area contributed by atoms with Gasteiger partial charge in [-0.05, 0) is 53.5 Å². The first-order valence-corrected chi connectivity index (χ1v) is 11.9. The average Bonchev–Trinajstić information content (AvgIpc) is 2.72. The number of rotatable bonds is 6. The Morgan fingerprint density at radius 1 is 1.12 bits per heavy atom. The molecular formula is C23H25FN4O4S. The zero-order chi connectivity index (χ0) is 24.4. The number of hydrogen-bond acceptors (Lipinski definition) is 6. The number of pyridine rings is 1. The van der Waals surface area contributed by atoms with Gasteiger partial charge >= 0.3 is 0 Å². The number of H-pyrrole nitrogens is 1. The number of benzene rings is 1. The number of sulfonamides is 1. The molecule has 0 amide bonds. The largest absolute Gasteiger partial charge is 0.496 e. The van der Waals surface area contributed by atoms with Crippen molar-refractivity contribution in [2.45, 2.75) is 26.2 Å². The van der Waals surface area contributed by atoms with E-state index in [1.807, 2.05) is 26.8 Å². The van der Waals surface area contributed by atoms with E-state index >= 15 is 0 Å². The fourth-order valence-corrected chi connectivity index (χ4v) is 3.73. The Labute approximate surface area is 191 Å². The topological polar surface area (TPSA) is 114 Å². The quantitative estimate of drug-likeness (QED) is 0.564. The van der Waals surface area contributed by atoms with Crippen LogP contribution in [0.15, 0.2) is 41.3 Å². The molecule has 0 spiro atoms. The van der Waals surface area contributed by atoms with Gasteiger partial charge in [0, 0.05) is 22.9 Å². The molecule has 0 aliphatic carbocycles. The summed E-state index contributed by atoms with van der Waals surface area (Å²) in [7, 11) is -1.90. The average molecular weight is 473 g/mol. The van der Waals surface area contributed by atoms with Crippen molar-refractivity contribution in [1.29, 1.82) is 0 Å². The summed E-state index contributed by atoms with van der Waals surface area (Å²) in [5, 5.41) is 7.85. The third-order valence-corrected chi connectivity index (χ3v) is 5.30. The molecule has 2 heterocycles. The number of ether oxygens (including phenoxy) is 1. The lowest BCUT2D eigenvalue weighted by atomic mass is 9.83. The molecule has 0 aliphatic heterocycles. The van der Waals surface area contributed by atoms with Crippen LogP contribution in [0.4, 0.5) is 10.2 Å². The van der Waals surface area contributed by atoms with Gasteiger partial charge in [0.1, 0.15) is 11.6 Å². The predicted molar refractivity (Wildman–Crippen MR) is 127 cm³/mol. The van der Waals surface area contributed by atoms with E-state index < -0.39 is 21.4 Å². The minimum absolute atomic E-state index is 0.106. The highest BCUT2D eigenvalue weighted by Crippen LogP contribution is 2.38. The third-order valence-electron chi connectivity index (χ3n) is 4.72. The van der Waals surface area contributed by atoms with Gasteiger partial charge in [-0.25, -0.2) is 12.8 Å². The van der Waals surface area contributed by atoms with E-state index in [2.05, 4.69) is 19.9 Å². The van der Waals surface area contributed by atoms with Crippen molar-refractivity contribution >= 4 is 28.0 Å². The molecule has 0 fully saturated rings. The van der Waals surface area contributed by atoms with E-state index in [9.17, 15) is 17.6 Å². The second kappa shape index (κ2) is 9.14. The minimum atomic E-state index is -3.45. The smallest absolute Gasteiger partial charge is 0.256 e. The van der Waals surface area contributed by atoms with Crippen LogP contribution in [0.25, 0.3) is 23.3 Å². The van der Waals surface area contributed by atoms with Crippen molar-refractivity contribution in [2.24, 2.45) is 0 Å². The molecule has 0 saturated carbocycles. The van der Waals surface area contributed by atoms with Gasteiger partial charge in [0.2, 0.25) is 10.0 Å². The lowest BCUT2D eigenvalue weighted by Gasteiger charge is -2.24. The summed E-state index contributed by atoms with van der Waals surface area (Å²) >= 11 is 0. The van der Waals surface area contributed by atoms with Crippen molar-refractivity contribution < 1.29 is 17.5 Å². The molecule has 3 rings (SSSR count). The molecule has 0 radical (unpaired) electrons. The van der Waals surface area contributed by atoms with Gasteiger partial charge in [-0.2, -0.15) is 0 Å². The SMILES string of the molecule is COc1c(C=Cc2ccc(NS(C)(=O)=O)nn2)cc(-c2cc(F)c[nH]c2=O)cc1C(C)(C)C. The summed E-state index contributed by atoms with van der Waals surface area (Å²) in [6.45, 7) is 6.03. The van der Waals surface area contributed by atoms with Crippen LogP contribution >= 0.6 is 0 Å². The van der Waals surface area contributed by atoms with Gasteiger partial charge in [0.05, 0.1) is 19.1 Å². The molecule has 1 aromatic carbocycles. The Hall–Kier alpha value is -3.53.